The van der Waals surface area contributed by atoms with Crippen molar-refractivity contribution < 1.29 is 51.8 Å². The summed E-state index contributed by atoms with van der Waals surface area (Å²) in [5, 5.41) is 15.0. The fourth-order valence-electron chi connectivity index (χ4n) is 4.79. The van der Waals surface area contributed by atoms with Crippen LogP contribution in [-0.4, -0.2) is 87.5 Å². The maximum absolute atomic E-state index is 13.3. The molecule has 0 bridgehead atoms. The van der Waals surface area contributed by atoms with Crippen LogP contribution in [0.5, 0.6) is 5.75 Å². The number of nitrogens with zero attached hydrogens (tertiary/aromatic N) is 4. The van der Waals surface area contributed by atoms with Crippen molar-refractivity contribution in [3.63, 3.8) is 0 Å². The summed E-state index contributed by atoms with van der Waals surface area (Å²) < 4.78 is 48.2. The predicted octanol–water partition coefficient (Wildman–Crippen LogP) is 1.56. The lowest BCUT2D eigenvalue weighted by Gasteiger charge is -2.49. The molecular weight excluding hydrogens is 645 g/mol. The normalized spacial score (nSPS) is 21.1. The molecule has 1 aromatic heterocycles. The number of aromatic nitrogens is 1. The summed E-state index contributed by atoms with van der Waals surface area (Å²) in [5.41, 5.74) is 4.82. The van der Waals surface area contributed by atoms with Gasteiger partial charge in [0.2, 0.25) is 0 Å². The van der Waals surface area contributed by atoms with Crippen molar-refractivity contribution in [3.05, 3.63) is 58.3 Å². The second-order valence-corrected chi connectivity index (χ2v) is 11.5. The number of β-lactam (4-membered cyclic amide) rings is 1. The third kappa shape index (κ3) is 5.95. The Bertz CT molecular complexity index is 1700. The highest BCUT2D eigenvalue weighted by molar-refractivity contribution is 8.00. The van der Waals surface area contributed by atoms with Gasteiger partial charge in [0.1, 0.15) is 28.6 Å². The first-order valence-corrected chi connectivity index (χ1v) is 14.7. The molecule has 0 unspecified atom stereocenters. The number of rotatable bonds is 7. The fraction of sp³-hybridized carbons (Fsp3) is 0.269. The Labute approximate surface area is 259 Å². The van der Waals surface area contributed by atoms with Gasteiger partial charge in [-0.25, -0.2) is 14.6 Å². The van der Waals surface area contributed by atoms with Gasteiger partial charge in [0.25, 0.3) is 17.7 Å². The highest BCUT2D eigenvalue weighted by Gasteiger charge is 2.55. The zero-order valence-electron chi connectivity index (χ0n) is 22.9. The Balaban J connectivity index is 1.44. The van der Waals surface area contributed by atoms with E-state index in [1.54, 1.807) is 24.3 Å². The molecule has 0 radical (unpaired) electrons. The van der Waals surface area contributed by atoms with Crippen molar-refractivity contribution in [1.82, 2.24) is 15.2 Å². The van der Waals surface area contributed by atoms with Crippen LogP contribution in [0.3, 0.4) is 0 Å². The first-order chi connectivity index (χ1) is 21.3. The molecule has 236 valence electrons. The number of nitrogens with two attached hydrogens (primary N) is 1. The summed E-state index contributed by atoms with van der Waals surface area (Å²) in [6.45, 7) is 0.219. The van der Waals surface area contributed by atoms with Gasteiger partial charge in [-0.05, 0) is 30.2 Å². The molecule has 3 amide bonds. The zero-order valence-corrected chi connectivity index (χ0v) is 24.5. The molecule has 45 heavy (non-hydrogen) atoms. The summed E-state index contributed by atoms with van der Waals surface area (Å²) in [5.74, 6) is -6.71. The number of para-hydroxylation sites is 2. The van der Waals surface area contributed by atoms with Crippen molar-refractivity contribution in [2.75, 3.05) is 30.0 Å². The van der Waals surface area contributed by atoms with E-state index in [1.807, 2.05) is 0 Å². The van der Waals surface area contributed by atoms with Crippen molar-refractivity contribution in [3.8, 4) is 5.75 Å². The number of benzene rings is 1. The average Bonchev–Trinajstić information content (AvgIpc) is 3.59. The minimum Gasteiger partial charge on any atom is -0.495 e. The van der Waals surface area contributed by atoms with Crippen LogP contribution in [0.4, 0.5) is 24.0 Å². The summed E-state index contributed by atoms with van der Waals surface area (Å²) in [6, 6.07) is 5.41. The number of halogens is 3. The third-order valence-corrected chi connectivity index (χ3v) is 8.80. The summed E-state index contributed by atoms with van der Waals surface area (Å²) in [7, 11) is 1.43. The van der Waals surface area contributed by atoms with Crippen LogP contribution in [0.2, 0.25) is 0 Å². The zero-order chi connectivity index (χ0) is 32.6. The van der Waals surface area contributed by atoms with Gasteiger partial charge in [0.05, 0.1) is 12.8 Å². The number of fused-ring (bicyclic) bond motifs is 1. The second kappa shape index (κ2) is 12.2. The number of nitrogens with one attached hydrogen (secondary N) is 1. The van der Waals surface area contributed by atoms with E-state index in [-0.39, 0.29) is 40.7 Å². The Morgan fingerprint density at radius 1 is 1.24 bits per heavy atom. The molecule has 0 spiro atoms. The number of amides is 3. The number of allylic oxidation sites excluding steroid dienone is 1. The SMILES string of the molecule is COc1ccccc1N1CC/C(=C\C2=C(C(=O)OC(=O)C(F)(F)F)N3C(=O)[C@@H](NC(=O)/C(=N\O)c4csc(N)n4)[C@H]3SC2)C1=O. The first kappa shape index (κ1) is 31.5. The summed E-state index contributed by atoms with van der Waals surface area (Å²) in [6.07, 6.45) is -4.06. The molecule has 2 fully saturated rings. The van der Waals surface area contributed by atoms with Crippen LogP contribution >= 0.6 is 23.1 Å². The van der Waals surface area contributed by atoms with Crippen molar-refractivity contribution in [2.24, 2.45) is 5.16 Å². The number of thiazole rings is 1. The van der Waals surface area contributed by atoms with Gasteiger partial charge in [-0.3, -0.25) is 19.3 Å². The monoisotopic (exact) mass is 666 g/mol. The second-order valence-electron chi connectivity index (χ2n) is 9.48. The number of nitrogen functional groups attached to an aromatic ring is 1. The highest BCUT2D eigenvalue weighted by Crippen LogP contribution is 2.42. The van der Waals surface area contributed by atoms with Gasteiger partial charge in [-0.2, -0.15) is 13.2 Å². The van der Waals surface area contributed by atoms with Crippen LogP contribution in [-0.2, 0) is 28.7 Å². The standard InChI is InChI=1S/C26H21F3N6O8S2/c1-42-15-5-3-2-4-14(15)34-7-6-11(20(34)37)8-12-9-44-22-17(32-19(36)16(33-41)13-10-45-25(30)31-13)21(38)35(22)18(12)23(39)43-24(40)26(27,28)29/h2-5,8,10,17,22,41H,6-7,9H2,1H3,(H2,30,31)(H,32,36)/b11-8+,33-16-/t17-,22-/m1/s1. The minimum absolute atomic E-state index is 0.0462. The molecule has 0 aliphatic carbocycles. The van der Waals surface area contributed by atoms with Crippen molar-refractivity contribution >= 4 is 69.3 Å². The highest BCUT2D eigenvalue weighted by atomic mass is 32.2. The number of methoxy groups -OCH3 is 1. The molecule has 0 saturated carbocycles. The van der Waals surface area contributed by atoms with Gasteiger partial charge >= 0.3 is 18.1 Å². The number of carbonyl (C=O) groups excluding carboxylic acids is 5. The molecule has 19 heteroatoms. The molecule has 4 N–H and O–H groups in total. The molecule has 2 aromatic rings. The van der Waals surface area contributed by atoms with Crippen molar-refractivity contribution in [1.29, 1.82) is 0 Å². The van der Waals surface area contributed by atoms with Crippen LogP contribution in [0.15, 0.2) is 57.7 Å². The van der Waals surface area contributed by atoms with Crippen LogP contribution in [0, 0.1) is 0 Å². The number of thioether (sulfide) groups is 1. The van der Waals surface area contributed by atoms with E-state index in [2.05, 4.69) is 20.2 Å². The Morgan fingerprint density at radius 3 is 2.62 bits per heavy atom. The lowest BCUT2D eigenvalue weighted by molar-refractivity contribution is -0.201. The van der Waals surface area contributed by atoms with E-state index in [4.69, 9.17) is 10.5 Å². The minimum atomic E-state index is -5.51. The number of ether oxygens (including phenoxy) is 2. The van der Waals surface area contributed by atoms with Gasteiger partial charge in [-0.1, -0.05) is 17.3 Å². The molecule has 2 atom stereocenters. The molecule has 3 aliphatic heterocycles. The van der Waals surface area contributed by atoms with Crippen molar-refractivity contribution in [2.45, 2.75) is 24.0 Å². The largest absolute Gasteiger partial charge is 0.495 e. The number of carbonyl (C=O) groups is 5. The predicted molar refractivity (Wildman–Crippen MR) is 152 cm³/mol. The van der Waals surface area contributed by atoms with E-state index in [1.165, 1.54) is 23.5 Å². The van der Waals surface area contributed by atoms with Crippen LogP contribution in [0.1, 0.15) is 12.1 Å². The Hall–Kier alpha value is -4.91. The average molecular weight is 667 g/mol. The molecule has 3 aliphatic rings. The van der Waals surface area contributed by atoms with E-state index >= 15 is 0 Å². The summed E-state index contributed by atoms with van der Waals surface area (Å²) in [4.78, 5) is 69.9. The molecule has 5 rings (SSSR count). The van der Waals surface area contributed by atoms with E-state index in [0.29, 0.717) is 11.4 Å². The number of hydrogen-bond donors (Lipinski definition) is 3. The topological polar surface area (TPSA) is 194 Å². The Morgan fingerprint density at radius 2 is 1.98 bits per heavy atom. The lowest BCUT2D eigenvalue weighted by atomic mass is 10.0. The fourth-order valence-corrected chi connectivity index (χ4v) is 6.65. The van der Waals surface area contributed by atoms with E-state index in [9.17, 15) is 42.4 Å². The maximum Gasteiger partial charge on any atom is 0.491 e. The van der Waals surface area contributed by atoms with Crippen LogP contribution < -0.4 is 20.7 Å². The molecular formula is C26H21F3N6O8S2. The third-order valence-electron chi connectivity index (χ3n) is 6.82. The lowest BCUT2D eigenvalue weighted by Crippen LogP contribution is -2.71. The van der Waals surface area contributed by atoms with Gasteiger partial charge in [0.15, 0.2) is 10.8 Å². The molecule has 1 aromatic carbocycles. The summed E-state index contributed by atoms with van der Waals surface area (Å²) >= 11 is 1.98. The first-order valence-electron chi connectivity index (χ1n) is 12.8. The maximum atomic E-state index is 13.3. The molecule has 2 saturated heterocycles. The number of hydrogen-bond acceptors (Lipinski definition) is 13. The quantitative estimate of drug-likeness (QED) is 0.0739. The number of oxime groups is 1. The molecule has 14 nitrogen and oxygen atoms in total. The van der Waals surface area contributed by atoms with Gasteiger partial charge in [0, 0.05) is 23.3 Å². The smallest absolute Gasteiger partial charge is 0.491 e. The van der Waals surface area contributed by atoms with Crippen LogP contribution in [0.25, 0.3) is 0 Å². The van der Waals surface area contributed by atoms with E-state index in [0.717, 1.165) is 28.0 Å². The number of anilines is 2. The number of esters is 2. The van der Waals surface area contributed by atoms with Gasteiger partial charge in [-0.15, -0.1) is 23.1 Å². The number of alkyl halides is 3. The Kier molecular flexibility index (Phi) is 8.57. The molecule has 4 heterocycles. The van der Waals surface area contributed by atoms with Gasteiger partial charge < -0.3 is 30.6 Å². The van der Waals surface area contributed by atoms with E-state index < -0.39 is 58.7 Å².